The molecule has 0 aliphatic carbocycles. The summed E-state index contributed by atoms with van der Waals surface area (Å²) in [6.07, 6.45) is 7.51. The minimum Gasteiger partial charge on any atom is -0.364 e. The van der Waals surface area contributed by atoms with E-state index < -0.39 is 0 Å². The lowest BCUT2D eigenvalue weighted by Crippen LogP contribution is -1.75. The predicted octanol–water partition coefficient (Wildman–Crippen LogP) is 3.05. The Kier molecular flexibility index (Phi) is 2.53. The van der Waals surface area contributed by atoms with E-state index in [-0.39, 0.29) is 0 Å². The molecule has 0 aliphatic rings. The monoisotopic (exact) mass is 149 g/mol. The molecule has 1 N–H and O–H groups in total. The van der Waals surface area contributed by atoms with Crippen molar-refractivity contribution in [1.29, 1.82) is 0 Å². The fourth-order valence-corrected chi connectivity index (χ4v) is 1.16. The molecule has 0 aliphatic heterocycles. The number of aryl methyl sites for hydroxylation is 2. The third-order valence-corrected chi connectivity index (χ3v) is 1.85. The average molecular weight is 149 g/mol. The van der Waals surface area contributed by atoms with E-state index in [2.05, 4.69) is 37.9 Å². The highest BCUT2D eigenvalue weighted by Gasteiger charge is 1.98. The van der Waals surface area contributed by atoms with Gasteiger partial charge in [0.25, 0.3) is 0 Å². The zero-order chi connectivity index (χ0) is 8.27. The Morgan fingerprint density at radius 2 is 2.18 bits per heavy atom. The second kappa shape index (κ2) is 3.42. The first kappa shape index (κ1) is 8.12. The van der Waals surface area contributed by atoms with Gasteiger partial charge in [0.15, 0.2) is 0 Å². The van der Waals surface area contributed by atoms with Crippen LogP contribution in [0.4, 0.5) is 0 Å². The molecule has 11 heavy (non-hydrogen) atoms. The summed E-state index contributed by atoms with van der Waals surface area (Å²) in [5.74, 6) is 0. The quantitative estimate of drug-likeness (QED) is 0.665. The van der Waals surface area contributed by atoms with Crippen LogP contribution in [0.5, 0.6) is 0 Å². The normalized spacial score (nSPS) is 11.2. The third kappa shape index (κ3) is 1.73. The van der Waals surface area contributed by atoms with Gasteiger partial charge < -0.3 is 4.98 Å². The summed E-state index contributed by atoms with van der Waals surface area (Å²) < 4.78 is 0. The number of nitrogens with one attached hydrogen (secondary N) is 1. The van der Waals surface area contributed by atoms with Crippen molar-refractivity contribution >= 4 is 6.08 Å². The van der Waals surface area contributed by atoms with Crippen LogP contribution >= 0.6 is 0 Å². The highest BCUT2D eigenvalue weighted by atomic mass is 14.7. The van der Waals surface area contributed by atoms with Gasteiger partial charge in [0, 0.05) is 11.9 Å². The molecule has 1 rings (SSSR count). The minimum atomic E-state index is 1.10. The van der Waals surface area contributed by atoms with Crippen LogP contribution in [0.15, 0.2) is 12.3 Å². The number of hydrogen-bond donors (Lipinski definition) is 1. The number of aromatic nitrogens is 1. The highest BCUT2D eigenvalue weighted by Crippen LogP contribution is 2.13. The van der Waals surface area contributed by atoms with Gasteiger partial charge in [-0.15, -0.1) is 0 Å². The maximum absolute atomic E-state index is 3.19. The molecule has 0 radical (unpaired) electrons. The Hall–Kier alpha value is -0.980. The Morgan fingerprint density at radius 3 is 2.64 bits per heavy atom. The Morgan fingerprint density at radius 1 is 1.45 bits per heavy atom. The van der Waals surface area contributed by atoms with Crippen LogP contribution in [0, 0.1) is 13.8 Å². The van der Waals surface area contributed by atoms with Crippen molar-refractivity contribution in [2.75, 3.05) is 0 Å². The molecule has 1 aromatic rings. The summed E-state index contributed by atoms with van der Waals surface area (Å²) in [7, 11) is 0. The second-order valence-corrected chi connectivity index (χ2v) is 2.82. The van der Waals surface area contributed by atoms with E-state index in [1.165, 1.54) is 16.8 Å². The minimum absolute atomic E-state index is 1.10. The van der Waals surface area contributed by atoms with Gasteiger partial charge in [-0.3, -0.25) is 0 Å². The fourth-order valence-electron chi connectivity index (χ4n) is 1.16. The van der Waals surface area contributed by atoms with Crippen LogP contribution in [0.1, 0.15) is 30.2 Å². The third-order valence-electron chi connectivity index (χ3n) is 1.85. The Bertz CT molecular complexity index is 236. The topological polar surface area (TPSA) is 15.8 Å². The maximum Gasteiger partial charge on any atom is 0.0191 e. The first-order valence-electron chi connectivity index (χ1n) is 4.06. The standard InChI is InChI=1S/C10H15N/c1-4-5-6-10-8(2)7-11-9(10)3/h5-7,11H,4H2,1-3H3/b6-5-. The molecule has 0 saturated carbocycles. The van der Waals surface area contributed by atoms with Gasteiger partial charge in [-0.25, -0.2) is 0 Å². The molecule has 1 nitrogen and oxygen atoms in total. The summed E-state index contributed by atoms with van der Waals surface area (Å²) >= 11 is 0. The van der Waals surface area contributed by atoms with Crippen LogP contribution in [0.2, 0.25) is 0 Å². The molecule has 0 amide bonds. The predicted molar refractivity (Wildman–Crippen MR) is 49.6 cm³/mol. The maximum atomic E-state index is 3.19. The summed E-state index contributed by atoms with van der Waals surface area (Å²) in [5.41, 5.74) is 3.92. The van der Waals surface area contributed by atoms with E-state index in [0.29, 0.717) is 0 Å². The molecule has 1 heteroatoms. The molecule has 60 valence electrons. The Balaban J connectivity index is 2.92. The molecule has 0 fully saturated rings. The largest absolute Gasteiger partial charge is 0.364 e. The van der Waals surface area contributed by atoms with Crippen molar-refractivity contribution < 1.29 is 0 Å². The van der Waals surface area contributed by atoms with E-state index >= 15 is 0 Å². The zero-order valence-electron chi connectivity index (χ0n) is 7.44. The van der Waals surface area contributed by atoms with Crippen LogP contribution in [-0.2, 0) is 0 Å². The van der Waals surface area contributed by atoms with Gasteiger partial charge in [0.2, 0.25) is 0 Å². The van der Waals surface area contributed by atoms with Crippen LogP contribution < -0.4 is 0 Å². The second-order valence-electron chi connectivity index (χ2n) is 2.82. The van der Waals surface area contributed by atoms with E-state index in [9.17, 15) is 0 Å². The average Bonchev–Trinajstić information content (AvgIpc) is 2.29. The lowest BCUT2D eigenvalue weighted by molar-refractivity contribution is 1.23. The molecular weight excluding hydrogens is 134 g/mol. The van der Waals surface area contributed by atoms with E-state index in [1.807, 2.05) is 6.20 Å². The summed E-state index contributed by atoms with van der Waals surface area (Å²) in [4.78, 5) is 3.19. The van der Waals surface area contributed by atoms with Crippen molar-refractivity contribution in [1.82, 2.24) is 4.98 Å². The van der Waals surface area contributed by atoms with Crippen molar-refractivity contribution in [2.45, 2.75) is 27.2 Å². The molecule has 0 atom stereocenters. The SMILES string of the molecule is CC/C=C\c1c(C)c[nH]c1C. The number of aromatic amines is 1. The van der Waals surface area contributed by atoms with Crippen LogP contribution in [0.25, 0.3) is 6.08 Å². The van der Waals surface area contributed by atoms with Gasteiger partial charge in [0.1, 0.15) is 0 Å². The molecule has 0 unspecified atom stereocenters. The molecule has 0 spiro atoms. The van der Waals surface area contributed by atoms with E-state index in [4.69, 9.17) is 0 Å². The number of hydrogen-bond acceptors (Lipinski definition) is 0. The number of H-pyrrole nitrogens is 1. The number of allylic oxidation sites excluding steroid dienone is 1. The Labute approximate surface area is 68.1 Å². The summed E-state index contributed by atoms with van der Waals surface area (Å²) in [6.45, 7) is 6.37. The first-order valence-corrected chi connectivity index (χ1v) is 4.06. The zero-order valence-corrected chi connectivity index (χ0v) is 7.44. The van der Waals surface area contributed by atoms with Crippen molar-refractivity contribution in [3.05, 3.63) is 29.1 Å². The summed E-state index contributed by atoms with van der Waals surface area (Å²) in [5, 5.41) is 0. The van der Waals surface area contributed by atoms with Gasteiger partial charge in [-0.2, -0.15) is 0 Å². The smallest absolute Gasteiger partial charge is 0.0191 e. The van der Waals surface area contributed by atoms with Gasteiger partial charge >= 0.3 is 0 Å². The van der Waals surface area contributed by atoms with Crippen molar-refractivity contribution in [3.8, 4) is 0 Å². The van der Waals surface area contributed by atoms with Gasteiger partial charge in [-0.1, -0.05) is 19.1 Å². The first-order chi connectivity index (χ1) is 5.25. The molecule has 1 aromatic heterocycles. The molecule has 0 bridgehead atoms. The molecule has 0 saturated heterocycles. The van der Waals surface area contributed by atoms with E-state index in [1.54, 1.807) is 0 Å². The molecule has 0 aromatic carbocycles. The summed E-state index contributed by atoms with van der Waals surface area (Å²) in [6, 6.07) is 0. The lowest BCUT2D eigenvalue weighted by Gasteiger charge is -1.91. The molecule has 1 heterocycles. The van der Waals surface area contributed by atoms with Crippen molar-refractivity contribution in [3.63, 3.8) is 0 Å². The van der Waals surface area contributed by atoms with Gasteiger partial charge in [-0.05, 0) is 31.4 Å². The van der Waals surface area contributed by atoms with E-state index in [0.717, 1.165) is 6.42 Å². The molecular formula is C10H15N. The van der Waals surface area contributed by atoms with Crippen LogP contribution in [-0.4, -0.2) is 4.98 Å². The van der Waals surface area contributed by atoms with Crippen LogP contribution in [0.3, 0.4) is 0 Å². The lowest BCUT2D eigenvalue weighted by atomic mass is 10.1. The van der Waals surface area contributed by atoms with Crippen molar-refractivity contribution in [2.24, 2.45) is 0 Å². The fraction of sp³-hybridized carbons (Fsp3) is 0.400. The highest BCUT2D eigenvalue weighted by molar-refractivity contribution is 5.55. The van der Waals surface area contributed by atoms with Gasteiger partial charge in [0.05, 0.1) is 0 Å². The number of rotatable bonds is 2.